The van der Waals surface area contributed by atoms with Crippen LogP contribution < -0.4 is 11.1 Å². The summed E-state index contributed by atoms with van der Waals surface area (Å²) >= 11 is 0. The molecule has 0 heterocycles. The Morgan fingerprint density at radius 2 is 1.60 bits per heavy atom. The molecular formula is C13H29N3O4. The number of carboxylic acid groups (broad SMARTS) is 1. The van der Waals surface area contributed by atoms with Crippen LogP contribution >= 0.6 is 0 Å². The molecule has 0 aromatic heterocycles. The summed E-state index contributed by atoms with van der Waals surface area (Å²) in [5.74, 6) is -1.05. The minimum atomic E-state index is -0.833. The fraction of sp³-hybridized carbons (Fsp3) is 0.769. The highest BCUT2D eigenvalue weighted by atomic mass is 16.4. The van der Waals surface area contributed by atoms with E-state index < -0.39 is 5.97 Å². The lowest BCUT2D eigenvalue weighted by molar-refractivity contribution is -0.134. The lowest BCUT2D eigenvalue weighted by Crippen LogP contribution is -2.41. The van der Waals surface area contributed by atoms with E-state index in [1.54, 1.807) is 7.05 Å². The van der Waals surface area contributed by atoms with Gasteiger partial charge in [-0.1, -0.05) is 19.8 Å². The molecule has 7 nitrogen and oxygen atoms in total. The summed E-state index contributed by atoms with van der Waals surface area (Å²) < 4.78 is 0. The second-order valence-corrected chi connectivity index (χ2v) is 4.37. The highest BCUT2D eigenvalue weighted by molar-refractivity contribution is 5.81. The second kappa shape index (κ2) is 15.4. The number of carbonyl (C=O) groups is 3. The maximum atomic E-state index is 11.3. The van der Waals surface area contributed by atoms with Gasteiger partial charge in [0.15, 0.2) is 0 Å². The Bertz CT molecular complexity index is 261. The van der Waals surface area contributed by atoms with E-state index >= 15 is 0 Å². The van der Waals surface area contributed by atoms with E-state index in [9.17, 15) is 9.59 Å². The van der Waals surface area contributed by atoms with Crippen molar-refractivity contribution in [1.82, 2.24) is 10.2 Å². The van der Waals surface area contributed by atoms with Crippen molar-refractivity contribution < 1.29 is 19.5 Å². The maximum Gasteiger partial charge on any atom is 0.300 e. The van der Waals surface area contributed by atoms with Gasteiger partial charge in [0, 0.05) is 20.9 Å². The first-order valence-electron chi connectivity index (χ1n) is 6.43. The molecule has 2 amide bonds. The number of aliphatic carboxylic acids is 1. The van der Waals surface area contributed by atoms with Gasteiger partial charge in [-0.3, -0.25) is 19.3 Å². The number of nitrogens with two attached hydrogens (primary N) is 1. The van der Waals surface area contributed by atoms with Gasteiger partial charge in [-0.15, -0.1) is 0 Å². The Balaban J connectivity index is -0.000000297. The summed E-state index contributed by atoms with van der Waals surface area (Å²) in [5.41, 5.74) is 4.47. The summed E-state index contributed by atoms with van der Waals surface area (Å²) in [6.07, 6.45) is 3.20. The first-order chi connectivity index (χ1) is 9.09. The third-order valence-corrected chi connectivity index (χ3v) is 2.00. The highest BCUT2D eigenvalue weighted by Crippen LogP contribution is 2.05. The summed E-state index contributed by atoms with van der Waals surface area (Å²) in [7, 11) is 5.57. The number of amides is 2. The average molecular weight is 296 g/mol. The number of likely N-dealkylation sites (N-methyl/N-ethyl adjacent to an activating group) is 2. The Morgan fingerprint density at radius 3 is 1.80 bits per heavy atom. The van der Waals surface area contributed by atoms with Crippen molar-refractivity contribution in [3.8, 4) is 0 Å². The number of carboxylic acids is 1. The van der Waals surface area contributed by atoms with Gasteiger partial charge in [0.1, 0.15) is 0 Å². The predicted octanol–water partition coefficient (Wildman–Crippen LogP) is 0.435. The molecule has 0 saturated carbocycles. The molecule has 1 unspecified atom stereocenters. The molecule has 0 aromatic carbocycles. The third-order valence-electron chi connectivity index (χ3n) is 2.00. The quantitative estimate of drug-likeness (QED) is 0.503. The SMILES string of the molecule is CC([15NH2])=O.CN([13CH3])C(CCC[13CH3])C(=O)N[13CH3].[13CH3]C(=O)O. The van der Waals surface area contributed by atoms with Gasteiger partial charge >= 0.3 is 0 Å². The predicted molar refractivity (Wildman–Crippen MR) is 79.2 cm³/mol. The van der Waals surface area contributed by atoms with Crippen LogP contribution in [-0.4, -0.2) is 55.0 Å². The topological polar surface area (TPSA) is 113 Å². The molecule has 0 aromatic rings. The number of rotatable bonds is 5. The monoisotopic (exact) mass is 296 g/mol. The Kier molecular flexibility index (Phi) is 18.1. The third kappa shape index (κ3) is 25.3. The van der Waals surface area contributed by atoms with Crippen LogP contribution in [0.1, 0.15) is 40.0 Å². The van der Waals surface area contributed by atoms with E-state index in [1.807, 2.05) is 19.0 Å². The van der Waals surface area contributed by atoms with Crippen molar-refractivity contribution in [3.63, 3.8) is 0 Å². The van der Waals surface area contributed by atoms with Gasteiger partial charge in [0.2, 0.25) is 11.8 Å². The van der Waals surface area contributed by atoms with E-state index in [-0.39, 0.29) is 17.9 Å². The number of primary amides is 1. The molecule has 0 aliphatic heterocycles. The van der Waals surface area contributed by atoms with E-state index in [0.29, 0.717) is 0 Å². The first kappa shape index (κ1) is 23.5. The van der Waals surface area contributed by atoms with Crippen LogP contribution in [0.4, 0.5) is 0 Å². The van der Waals surface area contributed by atoms with Crippen molar-refractivity contribution in [3.05, 3.63) is 0 Å². The molecule has 0 fully saturated rings. The molecule has 20 heavy (non-hydrogen) atoms. The van der Waals surface area contributed by atoms with Gasteiger partial charge in [-0.05, 0) is 20.5 Å². The Labute approximate surface area is 121 Å². The van der Waals surface area contributed by atoms with E-state index in [0.717, 1.165) is 26.2 Å². The lowest BCUT2D eigenvalue weighted by atomic mass is 10.1. The standard InChI is InChI=1S/C9H20N2O.C2H5NO.C2H4O2/c1-5-6-7-8(11(3)4)9(12)10-2;2*1-2(3)4/h8H,5-7H2,1-4H3,(H,10,12);1H3,(H2,3,4);1H3,(H,3,4)/i1+1,2+1,3+1;3+1;1+1. The van der Waals surface area contributed by atoms with Gasteiger partial charge in [-0.2, -0.15) is 0 Å². The first-order valence-corrected chi connectivity index (χ1v) is 6.43. The molecule has 0 rings (SSSR count). The summed E-state index contributed by atoms with van der Waals surface area (Å²) in [4.78, 5) is 31.5. The van der Waals surface area contributed by atoms with Crippen molar-refractivity contribution in [2.45, 2.75) is 46.1 Å². The van der Waals surface area contributed by atoms with Crippen molar-refractivity contribution in [1.29, 1.82) is 0 Å². The van der Waals surface area contributed by atoms with Gasteiger partial charge < -0.3 is 16.2 Å². The van der Waals surface area contributed by atoms with Crippen molar-refractivity contribution in [2.24, 2.45) is 5.73 Å². The smallest absolute Gasteiger partial charge is 0.300 e. The fourth-order valence-corrected chi connectivity index (χ4v) is 1.19. The molecule has 0 spiro atoms. The molecule has 0 aliphatic carbocycles. The number of hydrogen-bond donors (Lipinski definition) is 3. The zero-order valence-corrected chi connectivity index (χ0v) is 13.4. The molecular weight excluding hydrogens is 267 g/mol. The largest absolute Gasteiger partial charge is 0.481 e. The highest BCUT2D eigenvalue weighted by Gasteiger charge is 2.17. The normalized spacial score (nSPS) is 10.3. The zero-order valence-electron chi connectivity index (χ0n) is 13.4. The zero-order chi connectivity index (χ0) is 16.7. The van der Waals surface area contributed by atoms with Gasteiger partial charge in [-0.25, -0.2) is 0 Å². The molecule has 7 heteroatoms. The van der Waals surface area contributed by atoms with Crippen molar-refractivity contribution in [2.75, 3.05) is 21.1 Å². The number of carbonyl (C=O) groups excluding carboxylic acids is 2. The van der Waals surface area contributed by atoms with E-state index in [2.05, 4.69) is 18.0 Å². The number of unbranched alkanes of at least 4 members (excludes halogenated alkanes) is 1. The number of hydrogen-bond acceptors (Lipinski definition) is 4. The summed E-state index contributed by atoms with van der Waals surface area (Å²) in [6.45, 7) is 4.52. The van der Waals surface area contributed by atoms with Crippen LogP contribution in [0.5, 0.6) is 0 Å². The average Bonchev–Trinajstić information content (AvgIpc) is 2.27. The Morgan fingerprint density at radius 1 is 1.25 bits per heavy atom. The van der Waals surface area contributed by atoms with Crippen LogP contribution in [0.15, 0.2) is 0 Å². The van der Waals surface area contributed by atoms with Gasteiger partial charge in [0.05, 0.1) is 6.04 Å². The molecule has 120 valence electrons. The van der Waals surface area contributed by atoms with Crippen LogP contribution in [0.25, 0.3) is 0 Å². The Hall–Kier alpha value is -1.63. The van der Waals surface area contributed by atoms with Crippen LogP contribution in [0, 0.1) is 0 Å². The second-order valence-electron chi connectivity index (χ2n) is 4.37. The lowest BCUT2D eigenvalue weighted by Gasteiger charge is -2.22. The summed E-state index contributed by atoms with van der Waals surface area (Å²) in [6, 6.07) is 0.0370. The minimum Gasteiger partial charge on any atom is -0.481 e. The molecule has 0 aliphatic rings. The molecule has 1 atom stereocenters. The van der Waals surface area contributed by atoms with Crippen LogP contribution in [0.3, 0.4) is 0 Å². The van der Waals surface area contributed by atoms with E-state index in [1.165, 1.54) is 6.92 Å². The molecule has 0 bridgehead atoms. The fourth-order valence-electron chi connectivity index (χ4n) is 1.19. The van der Waals surface area contributed by atoms with Crippen LogP contribution in [-0.2, 0) is 14.4 Å². The van der Waals surface area contributed by atoms with E-state index in [4.69, 9.17) is 9.90 Å². The molecule has 0 radical (unpaired) electrons. The minimum absolute atomic E-state index is 0.0370. The van der Waals surface area contributed by atoms with Crippen LogP contribution in [0.2, 0.25) is 0 Å². The summed E-state index contributed by atoms with van der Waals surface area (Å²) in [5, 5.41) is 10.1. The molecule has 0 saturated heterocycles. The van der Waals surface area contributed by atoms with Gasteiger partial charge in [0.25, 0.3) is 5.97 Å². The number of nitrogens with zero attached hydrogens (tertiary/aromatic N) is 1. The van der Waals surface area contributed by atoms with Crippen molar-refractivity contribution >= 4 is 17.8 Å². The maximum absolute atomic E-state index is 11.3. The molecule has 4 N–H and O–H groups in total. The number of nitrogens with one attached hydrogen (secondary N) is 1.